The van der Waals surface area contributed by atoms with Crippen LogP contribution in [0.1, 0.15) is 19.4 Å². The molecule has 0 saturated carbocycles. The minimum absolute atomic E-state index is 0.165. The predicted molar refractivity (Wildman–Crippen MR) is 121 cm³/mol. The van der Waals surface area contributed by atoms with Gasteiger partial charge >= 0.3 is 12.1 Å². The van der Waals surface area contributed by atoms with Gasteiger partial charge < -0.3 is 29.0 Å². The monoisotopic (exact) mass is 445 g/mol. The smallest absolute Gasteiger partial charge is 0.412 e. The lowest BCUT2D eigenvalue weighted by Crippen LogP contribution is -2.30. The summed E-state index contributed by atoms with van der Waals surface area (Å²) in [6.07, 6.45) is -0.554. The average Bonchev–Trinajstić information content (AvgIpc) is 2.77. The zero-order valence-electron chi connectivity index (χ0n) is 18.9. The van der Waals surface area contributed by atoms with Crippen molar-refractivity contribution in [3.63, 3.8) is 0 Å². The minimum atomic E-state index is -0.554. The number of esters is 1. The molecule has 8 nitrogen and oxygen atoms in total. The van der Waals surface area contributed by atoms with Crippen LogP contribution >= 0.6 is 0 Å². The third-order valence-electron chi connectivity index (χ3n) is 4.33. The van der Waals surface area contributed by atoms with E-state index in [2.05, 4.69) is 11.9 Å². The molecule has 174 valence electrons. The fourth-order valence-corrected chi connectivity index (χ4v) is 2.85. The number of aryl methyl sites for hydroxylation is 1. The summed E-state index contributed by atoms with van der Waals surface area (Å²) in [6, 6.07) is 9.51. The van der Waals surface area contributed by atoms with Gasteiger partial charge in [-0.25, -0.2) is 9.59 Å². The van der Waals surface area contributed by atoms with Crippen molar-refractivity contribution in [2.24, 2.45) is 0 Å². The first-order valence-electron chi connectivity index (χ1n) is 10.5. The molecule has 0 fully saturated rings. The molecule has 0 bridgehead atoms. The van der Waals surface area contributed by atoms with Crippen LogP contribution in [0.25, 0.3) is 10.8 Å². The molecule has 8 heteroatoms. The Kier molecular flexibility index (Phi) is 10.5. The third kappa shape index (κ3) is 7.86. The summed E-state index contributed by atoms with van der Waals surface area (Å²) in [4.78, 5) is 23.4. The Balaban J connectivity index is 1.68. The summed E-state index contributed by atoms with van der Waals surface area (Å²) in [5.74, 6) is 0.831. The summed E-state index contributed by atoms with van der Waals surface area (Å²) >= 11 is 0. The molecule has 0 saturated heterocycles. The zero-order valence-corrected chi connectivity index (χ0v) is 18.9. The molecule has 2 aromatic carbocycles. The van der Waals surface area contributed by atoms with Gasteiger partial charge in [-0.1, -0.05) is 30.8 Å². The Morgan fingerprint density at radius 2 is 1.66 bits per heavy atom. The highest BCUT2D eigenvalue weighted by molar-refractivity contribution is 5.95. The van der Waals surface area contributed by atoms with E-state index in [9.17, 15) is 9.59 Å². The van der Waals surface area contributed by atoms with Gasteiger partial charge in [0.25, 0.3) is 0 Å². The number of nitrogens with one attached hydrogen (secondary N) is 1. The van der Waals surface area contributed by atoms with Crippen molar-refractivity contribution in [2.45, 2.75) is 20.8 Å². The summed E-state index contributed by atoms with van der Waals surface area (Å²) in [6.45, 7) is 11.2. The van der Waals surface area contributed by atoms with Crippen LogP contribution in [0, 0.1) is 6.92 Å². The molecular formula is C24H31NO7. The third-order valence-corrected chi connectivity index (χ3v) is 4.33. The summed E-state index contributed by atoms with van der Waals surface area (Å²) < 4.78 is 26.9. The van der Waals surface area contributed by atoms with E-state index in [-0.39, 0.29) is 13.2 Å². The van der Waals surface area contributed by atoms with E-state index < -0.39 is 12.1 Å². The number of carbonyl (C=O) groups excluding carboxylic acids is 2. The van der Waals surface area contributed by atoms with E-state index in [1.165, 1.54) is 0 Å². The fraction of sp³-hybridized carbons (Fsp3) is 0.417. The second-order valence-corrected chi connectivity index (χ2v) is 6.96. The van der Waals surface area contributed by atoms with Crippen LogP contribution in [0.5, 0.6) is 11.5 Å². The molecule has 0 aliphatic heterocycles. The van der Waals surface area contributed by atoms with Crippen LogP contribution < -0.4 is 14.8 Å². The Hall–Kier alpha value is -3.10. The molecule has 32 heavy (non-hydrogen) atoms. The maximum atomic E-state index is 12.2. The first-order valence-corrected chi connectivity index (χ1v) is 10.5. The van der Waals surface area contributed by atoms with E-state index in [0.29, 0.717) is 44.3 Å². The molecule has 0 aromatic heterocycles. The molecule has 0 spiro atoms. The van der Waals surface area contributed by atoms with Gasteiger partial charge in [0, 0.05) is 22.9 Å². The SMILES string of the molecule is C=C(C)C(=O)OCCOCCOCCNC(=O)Oc1c(C)cc(OCC)c2ccccc12. The van der Waals surface area contributed by atoms with Crippen molar-refractivity contribution in [3.05, 3.63) is 48.0 Å². The lowest BCUT2D eigenvalue weighted by molar-refractivity contribution is -0.140. The molecule has 0 unspecified atom stereocenters. The lowest BCUT2D eigenvalue weighted by atomic mass is 10.0. The van der Waals surface area contributed by atoms with Crippen LogP contribution in [0.4, 0.5) is 4.79 Å². The summed E-state index contributed by atoms with van der Waals surface area (Å²) in [5.41, 5.74) is 1.16. The fourth-order valence-electron chi connectivity index (χ4n) is 2.85. The lowest BCUT2D eigenvalue weighted by Gasteiger charge is -2.15. The van der Waals surface area contributed by atoms with Gasteiger partial charge in [-0.3, -0.25) is 0 Å². The molecule has 0 aliphatic carbocycles. The van der Waals surface area contributed by atoms with E-state index in [0.717, 1.165) is 22.1 Å². The molecule has 0 heterocycles. The Bertz CT molecular complexity index is 926. The maximum absolute atomic E-state index is 12.2. The average molecular weight is 446 g/mol. The maximum Gasteiger partial charge on any atom is 0.412 e. The zero-order chi connectivity index (χ0) is 23.3. The highest BCUT2D eigenvalue weighted by Gasteiger charge is 2.14. The number of hydrogen-bond donors (Lipinski definition) is 1. The molecule has 0 atom stereocenters. The van der Waals surface area contributed by atoms with Crippen LogP contribution in [-0.2, 0) is 19.0 Å². The predicted octanol–water partition coefficient (Wildman–Crippen LogP) is 3.79. The van der Waals surface area contributed by atoms with E-state index in [4.69, 9.17) is 23.7 Å². The minimum Gasteiger partial charge on any atom is -0.493 e. The Labute approximate surface area is 188 Å². The largest absolute Gasteiger partial charge is 0.493 e. The standard InChI is InChI=1S/C24H31NO7/c1-5-30-21-16-18(4)22(20-9-7-6-8-19(20)21)32-24(27)25-10-11-28-12-13-29-14-15-31-23(26)17(2)3/h6-9,16H,2,5,10-15H2,1,3-4H3,(H,25,27). The van der Waals surface area contributed by atoms with Crippen molar-refractivity contribution in [1.29, 1.82) is 0 Å². The number of fused-ring (bicyclic) bond motifs is 1. The number of benzene rings is 2. The van der Waals surface area contributed by atoms with Gasteiger partial charge in [0.05, 0.1) is 33.0 Å². The van der Waals surface area contributed by atoms with Gasteiger partial charge in [0.2, 0.25) is 0 Å². The molecule has 1 amide bonds. The normalized spacial score (nSPS) is 10.6. The molecule has 2 rings (SSSR count). The van der Waals surface area contributed by atoms with Crippen molar-refractivity contribution in [3.8, 4) is 11.5 Å². The van der Waals surface area contributed by atoms with Crippen molar-refractivity contribution < 1.29 is 33.3 Å². The van der Waals surface area contributed by atoms with Crippen molar-refractivity contribution >= 4 is 22.8 Å². The second kappa shape index (κ2) is 13.3. The van der Waals surface area contributed by atoms with Gasteiger partial charge in [-0.2, -0.15) is 0 Å². The number of rotatable bonds is 13. The number of carbonyl (C=O) groups is 2. The van der Waals surface area contributed by atoms with E-state index in [1.54, 1.807) is 6.92 Å². The first kappa shape index (κ1) is 25.2. The van der Waals surface area contributed by atoms with Gasteiger partial charge in [0.1, 0.15) is 18.1 Å². The van der Waals surface area contributed by atoms with Gasteiger partial charge in [0.15, 0.2) is 0 Å². The summed E-state index contributed by atoms with van der Waals surface area (Å²) in [7, 11) is 0. The highest BCUT2D eigenvalue weighted by Crippen LogP contribution is 2.36. The van der Waals surface area contributed by atoms with Crippen LogP contribution in [-0.4, -0.2) is 58.2 Å². The Morgan fingerprint density at radius 1 is 1.00 bits per heavy atom. The number of ether oxygens (including phenoxy) is 5. The molecular weight excluding hydrogens is 414 g/mol. The number of amides is 1. The van der Waals surface area contributed by atoms with Crippen LogP contribution in [0.15, 0.2) is 42.5 Å². The molecule has 0 radical (unpaired) electrons. The van der Waals surface area contributed by atoms with E-state index >= 15 is 0 Å². The number of hydrogen-bond acceptors (Lipinski definition) is 7. The van der Waals surface area contributed by atoms with E-state index in [1.807, 2.05) is 44.2 Å². The highest BCUT2D eigenvalue weighted by atomic mass is 16.6. The molecule has 2 aromatic rings. The quantitative estimate of drug-likeness (QED) is 0.285. The van der Waals surface area contributed by atoms with Crippen LogP contribution in [0.2, 0.25) is 0 Å². The Morgan fingerprint density at radius 3 is 2.34 bits per heavy atom. The second-order valence-electron chi connectivity index (χ2n) is 6.96. The van der Waals surface area contributed by atoms with Crippen molar-refractivity contribution in [2.75, 3.05) is 46.2 Å². The molecule has 0 aliphatic rings. The molecule has 1 N–H and O–H groups in total. The van der Waals surface area contributed by atoms with Gasteiger partial charge in [-0.05, 0) is 32.4 Å². The topological polar surface area (TPSA) is 92.3 Å². The summed E-state index contributed by atoms with van der Waals surface area (Å²) in [5, 5.41) is 4.38. The van der Waals surface area contributed by atoms with Crippen LogP contribution in [0.3, 0.4) is 0 Å². The van der Waals surface area contributed by atoms with Crippen molar-refractivity contribution in [1.82, 2.24) is 5.32 Å². The van der Waals surface area contributed by atoms with Gasteiger partial charge in [-0.15, -0.1) is 0 Å². The first-order chi connectivity index (χ1) is 15.4.